The summed E-state index contributed by atoms with van der Waals surface area (Å²) in [7, 11) is 0. The molecule has 0 radical (unpaired) electrons. The predicted octanol–water partition coefficient (Wildman–Crippen LogP) is 0.179. The van der Waals surface area contributed by atoms with Crippen molar-refractivity contribution in [3.63, 3.8) is 0 Å². The lowest BCUT2D eigenvalue weighted by Crippen LogP contribution is -2.57. The molecule has 12 heteroatoms. The molecule has 5 N–H and O–H groups in total. The van der Waals surface area contributed by atoms with Gasteiger partial charge < -0.3 is 31.1 Å². The van der Waals surface area contributed by atoms with E-state index in [9.17, 15) is 29.1 Å². The second kappa shape index (κ2) is 14.5. The van der Waals surface area contributed by atoms with Gasteiger partial charge in [0.1, 0.15) is 18.1 Å². The third-order valence-electron chi connectivity index (χ3n) is 6.15. The molecule has 0 saturated carbocycles. The predicted molar refractivity (Wildman–Crippen MR) is 136 cm³/mol. The number of carbonyl (C=O) groups is 5. The number of rotatable bonds is 13. The molecule has 37 heavy (non-hydrogen) atoms. The van der Waals surface area contributed by atoms with Crippen LogP contribution < -0.4 is 16.0 Å². The first kappa shape index (κ1) is 30.0. The van der Waals surface area contributed by atoms with Crippen LogP contribution in [-0.2, 0) is 30.4 Å². The summed E-state index contributed by atoms with van der Waals surface area (Å²) in [5.74, 6) is -3.26. The van der Waals surface area contributed by atoms with Crippen molar-refractivity contribution in [2.24, 2.45) is 0 Å². The number of nitrogens with one attached hydrogen (secondary N) is 3. The quantitative estimate of drug-likeness (QED) is 0.223. The van der Waals surface area contributed by atoms with Gasteiger partial charge in [-0.15, -0.1) is 11.6 Å². The summed E-state index contributed by atoms with van der Waals surface area (Å²) in [4.78, 5) is 62.5. The van der Waals surface area contributed by atoms with E-state index in [0.717, 1.165) is 5.56 Å². The minimum atomic E-state index is -1.13. The zero-order valence-electron chi connectivity index (χ0n) is 21.0. The molecule has 1 aromatic carbocycles. The van der Waals surface area contributed by atoms with Crippen LogP contribution in [0.5, 0.6) is 0 Å². The van der Waals surface area contributed by atoms with E-state index in [-0.39, 0.29) is 18.7 Å². The Hall–Kier alpha value is -3.18. The number of hydrogen-bond acceptors (Lipinski definition) is 6. The molecular formula is C25H35ClN4O7. The van der Waals surface area contributed by atoms with E-state index in [1.54, 1.807) is 0 Å². The standard InChI is InChI=1S/C25H35ClN4O7/c1-15(27-21(32)10-11-22(33)34)23(35)28-16(2)25(37)30-12-6-9-19(30)24(36)29-18(20(31)14-26)13-17-7-4-3-5-8-17/h3-5,7-8,15-16,18-20,31H,6,9-14H2,1-2H3,(H,27,32)(H,28,35)(H,29,36)(H,33,34)/t15-,16-,18-,19-,20+/m0/s1. The van der Waals surface area contributed by atoms with Crippen LogP contribution in [0.25, 0.3) is 0 Å². The van der Waals surface area contributed by atoms with Crippen molar-refractivity contribution in [3.05, 3.63) is 35.9 Å². The number of carbonyl (C=O) groups excluding carboxylic acids is 4. The fraction of sp³-hybridized carbons (Fsp3) is 0.560. The molecule has 1 fully saturated rings. The maximum Gasteiger partial charge on any atom is 0.303 e. The van der Waals surface area contributed by atoms with E-state index < -0.39 is 59.9 Å². The van der Waals surface area contributed by atoms with Gasteiger partial charge in [0.2, 0.25) is 23.6 Å². The van der Waals surface area contributed by atoms with E-state index in [0.29, 0.717) is 25.8 Å². The SMILES string of the molecule is C[C@H](NC(=O)CCC(=O)O)C(=O)N[C@@H](C)C(=O)N1CCC[C@H]1C(=O)N[C@@H](Cc1ccccc1)[C@H](O)CCl. The number of aliphatic carboxylic acids is 1. The van der Waals surface area contributed by atoms with Crippen molar-refractivity contribution in [1.82, 2.24) is 20.9 Å². The number of aliphatic hydroxyl groups is 1. The highest BCUT2D eigenvalue weighted by Gasteiger charge is 2.38. The minimum absolute atomic E-state index is 0.0703. The van der Waals surface area contributed by atoms with Crippen LogP contribution in [0.2, 0.25) is 0 Å². The number of aliphatic hydroxyl groups excluding tert-OH is 1. The van der Waals surface area contributed by atoms with Gasteiger partial charge in [-0.05, 0) is 38.7 Å². The van der Waals surface area contributed by atoms with E-state index >= 15 is 0 Å². The number of nitrogens with zero attached hydrogens (tertiary/aromatic N) is 1. The molecule has 5 atom stereocenters. The van der Waals surface area contributed by atoms with Crippen molar-refractivity contribution in [3.8, 4) is 0 Å². The van der Waals surface area contributed by atoms with E-state index in [2.05, 4.69) is 16.0 Å². The van der Waals surface area contributed by atoms with Gasteiger partial charge in [0.15, 0.2) is 0 Å². The van der Waals surface area contributed by atoms with Crippen molar-refractivity contribution in [2.75, 3.05) is 12.4 Å². The lowest BCUT2D eigenvalue weighted by Gasteiger charge is -2.30. The number of hydrogen-bond donors (Lipinski definition) is 5. The van der Waals surface area contributed by atoms with Gasteiger partial charge in [0.25, 0.3) is 0 Å². The molecule has 1 saturated heterocycles. The lowest BCUT2D eigenvalue weighted by atomic mass is 10.0. The van der Waals surface area contributed by atoms with Gasteiger partial charge in [-0.2, -0.15) is 0 Å². The van der Waals surface area contributed by atoms with Crippen LogP contribution in [0.15, 0.2) is 30.3 Å². The first-order chi connectivity index (χ1) is 17.5. The summed E-state index contributed by atoms with van der Waals surface area (Å²) in [5, 5.41) is 26.8. The van der Waals surface area contributed by atoms with Crippen molar-refractivity contribution in [2.45, 2.75) is 76.2 Å². The smallest absolute Gasteiger partial charge is 0.303 e. The third kappa shape index (κ3) is 9.32. The summed E-state index contributed by atoms with van der Waals surface area (Å²) < 4.78 is 0. The summed E-state index contributed by atoms with van der Waals surface area (Å²) in [6.07, 6.45) is -0.214. The normalized spacial score (nSPS) is 18.3. The zero-order valence-corrected chi connectivity index (χ0v) is 21.7. The molecule has 4 amide bonds. The third-order valence-corrected chi connectivity index (χ3v) is 6.47. The molecule has 0 aromatic heterocycles. The zero-order chi connectivity index (χ0) is 27.5. The molecule has 1 heterocycles. The Morgan fingerprint density at radius 3 is 2.32 bits per heavy atom. The van der Waals surface area contributed by atoms with Crippen LogP contribution in [0, 0.1) is 0 Å². The highest BCUT2D eigenvalue weighted by molar-refractivity contribution is 6.18. The van der Waals surface area contributed by atoms with Crippen molar-refractivity contribution in [1.29, 1.82) is 0 Å². The number of alkyl halides is 1. The number of carboxylic acids is 1. The Kier molecular flexibility index (Phi) is 11.8. The topological polar surface area (TPSA) is 165 Å². The van der Waals surface area contributed by atoms with Crippen molar-refractivity contribution < 1.29 is 34.2 Å². The maximum absolute atomic E-state index is 13.1. The summed E-state index contributed by atoms with van der Waals surface area (Å²) in [6, 6.07) is 5.99. The van der Waals surface area contributed by atoms with Gasteiger partial charge in [-0.3, -0.25) is 24.0 Å². The molecule has 1 aliphatic rings. The fourth-order valence-corrected chi connectivity index (χ4v) is 4.30. The van der Waals surface area contributed by atoms with Crippen LogP contribution in [-0.4, -0.2) is 87.4 Å². The van der Waals surface area contributed by atoms with E-state index in [1.165, 1.54) is 18.7 Å². The highest BCUT2D eigenvalue weighted by atomic mass is 35.5. The van der Waals surface area contributed by atoms with E-state index in [4.69, 9.17) is 16.7 Å². The average molecular weight is 539 g/mol. The van der Waals surface area contributed by atoms with Gasteiger partial charge in [0.05, 0.1) is 24.4 Å². The minimum Gasteiger partial charge on any atom is -0.481 e. The number of benzene rings is 1. The molecule has 0 spiro atoms. The summed E-state index contributed by atoms with van der Waals surface area (Å²) in [6.45, 7) is 3.24. The first-order valence-corrected chi connectivity index (χ1v) is 12.8. The van der Waals surface area contributed by atoms with Gasteiger partial charge in [-0.1, -0.05) is 30.3 Å². The highest BCUT2D eigenvalue weighted by Crippen LogP contribution is 2.19. The molecule has 204 valence electrons. The number of carboxylic acid groups (broad SMARTS) is 1. The fourth-order valence-electron chi connectivity index (χ4n) is 4.09. The Labute approximate surface area is 220 Å². The maximum atomic E-state index is 13.1. The van der Waals surface area contributed by atoms with Crippen LogP contribution in [0.3, 0.4) is 0 Å². The van der Waals surface area contributed by atoms with Gasteiger partial charge in [-0.25, -0.2) is 0 Å². The molecule has 1 aliphatic heterocycles. The average Bonchev–Trinajstić information content (AvgIpc) is 3.36. The largest absolute Gasteiger partial charge is 0.481 e. The van der Waals surface area contributed by atoms with E-state index in [1.807, 2.05) is 30.3 Å². The van der Waals surface area contributed by atoms with Gasteiger partial charge >= 0.3 is 5.97 Å². The lowest BCUT2D eigenvalue weighted by molar-refractivity contribution is -0.141. The molecule has 0 bridgehead atoms. The first-order valence-electron chi connectivity index (χ1n) is 12.2. The monoisotopic (exact) mass is 538 g/mol. The van der Waals surface area contributed by atoms with Crippen molar-refractivity contribution >= 4 is 41.2 Å². The molecular weight excluding hydrogens is 504 g/mol. The van der Waals surface area contributed by atoms with Crippen LogP contribution >= 0.6 is 11.6 Å². The Bertz CT molecular complexity index is 962. The molecule has 2 rings (SSSR count). The number of amides is 4. The Morgan fingerprint density at radius 1 is 1.03 bits per heavy atom. The number of likely N-dealkylation sites (tertiary alicyclic amines) is 1. The molecule has 11 nitrogen and oxygen atoms in total. The Morgan fingerprint density at radius 2 is 1.70 bits per heavy atom. The Balaban J connectivity index is 1.96. The van der Waals surface area contributed by atoms with Crippen LogP contribution in [0.1, 0.15) is 45.1 Å². The second-order valence-corrected chi connectivity index (χ2v) is 9.44. The molecule has 1 aromatic rings. The summed E-state index contributed by atoms with van der Waals surface area (Å²) in [5.41, 5.74) is 0.914. The number of halogens is 1. The molecule has 0 unspecified atom stereocenters. The molecule has 0 aliphatic carbocycles. The van der Waals surface area contributed by atoms with Gasteiger partial charge in [0, 0.05) is 13.0 Å². The second-order valence-electron chi connectivity index (χ2n) is 9.13. The summed E-state index contributed by atoms with van der Waals surface area (Å²) >= 11 is 5.86. The van der Waals surface area contributed by atoms with Crippen LogP contribution in [0.4, 0.5) is 0 Å².